The van der Waals surface area contributed by atoms with Gasteiger partial charge in [-0.2, -0.15) is 4.98 Å². The van der Waals surface area contributed by atoms with Gasteiger partial charge in [0.15, 0.2) is 5.82 Å². The molecule has 2 heterocycles. The van der Waals surface area contributed by atoms with Crippen molar-refractivity contribution in [1.29, 1.82) is 0 Å². The van der Waals surface area contributed by atoms with Crippen molar-refractivity contribution < 1.29 is 4.52 Å². The lowest BCUT2D eigenvalue weighted by molar-refractivity contribution is 0.102. The molecule has 102 valence electrons. The maximum Gasteiger partial charge on any atom is 0.240 e. The van der Waals surface area contributed by atoms with Crippen LogP contribution in [0.15, 0.2) is 4.52 Å². The van der Waals surface area contributed by atoms with Gasteiger partial charge in [0, 0.05) is 18.5 Å². The first kappa shape index (κ1) is 13.5. The number of likely N-dealkylation sites (tertiary alicyclic amines) is 1. The molecule has 18 heavy (non-hydrogen) atoms. The van der Waals surface area contributed by atoms with Crippen molar-refractivity contribution in [2.24, 2.45) is 11.7 Å². The van der Waals surface area contributed by atoms with Gasteiger partial charge in [-0.15, -0.1) is 0 Å². The Kier molecular flexibility index (Phi) is 4.35. The molecule has 0 aromatic carbocycles. The Morgan fingerprint density at radius 3 is 2.89 bits per heavy atom. The summed E-state index contributed by atoms with van der Waals surface area (Å²) in [6.45, 7) is 8.94. The Morgan fingerprint density at radius 1 is 1.50 bits per heavy atom. The predicted octanol–water partition coefficient (Wildman–Crippen LogP) is 1.75. The summed E-state index contributed by atoms with van der Waals surface area (Å²) in [6.07, 6.45) is 2.39. The molecule has 2 unspecified atom stereocenters. The Balaban J connectivity index is 1.98. The van der Waals surface area contributed by atoms with Gasteiger partial charge in [-0.3, -0.25) is 4.90 Å². The number of rotatable bonds is 4. The highest BCUT2D eigenvalue weighted by molar-refractivity contribution is 4.93. The lowest BCUT2D eigenvalue weighted by atomic mass is 9.92. The third-order valence-electron chi connectivity index (χ3n) is 3.71. The molecule has 1 aliphatic rings. The third kappa shape index (κ3) is 3.09. The minimum Gasteiger partial charge on any atom is -0.338 e. The molecule has 1 fully saturated rings. The zero-order chi connectivity index (χ0) is 13.1. The average molecular weight is 252 g/mol. The number of nitrogens with zero attached hydrogens (tertiary/aromatic N) is 3. The standard InChI is InChI=1S/C13H24N4O/c1-9(2)13-15-12(18-16-13)8-17-5-4-10(3)6-11(17)7-14/h9-11H,4-8,14H2,1-3H3. The Labute approximate surface area is 109 Å². The van der Waals surface area contributed by atoms with Crippen LogP contribution in [0.4, 0.5) is 0 Å². The van der Waals surface area contributed by atoms with E-state index < -0.39 is 0 Å². The fourth-order valence-corrected chi connectivity index (χ4v) is 2.49. The van der Waals surface area contributed by atoms with Crippen LogP contribution >= 0.6 is 0 Å². The second-order valence-electron chi connectivity index (χ2n) is 5.69. The molecular weight excluding hydrogens is 228 g/mol. The van der Waals surface area contributed by atoms with Gasteiger partial charge in [0.1, 0.15) is 0 Å². The van der Waals surface area contributed by atoms with Crippen LogP contribution < -0.4 is 5.73 Å². The molecule has 0 amide bonds. The number of aromatic nitrogens is 2. The largest absolute Gasteiger partial charge is 0.338 e. The van der Waals surface area contributed by atoms with Gasteiger partial charge in [-0.05, 0) is 25.3 Å². The first-order valence-corrected chi connectivity index (χ1v) is 6.86. The summed E-state index contributed by atoms with van der Waals surface area (Å²) >= 11 is 0. The van der Waals surface area contributed by atoms with Crippen LogP contribution in [0.25, 0.3) is 0 Å². The maximum absolute atomic E-state index is 5.85. The molecule has 1 aliphatic heterocycles. The normalized spacial score (nSPS) is 25.8. The average Bonchev–Trinajstić information content (AvgIpc) is 2.80. The second-order valence-corrected chi connectivity index (χ2v) is 5.69. The van der Waals surface area contributed by atoms with Crippen LogP contribution in [-0.2, 0) is 6.54 Å². The van der Waals surface area contributed by atoms with Crippen LogP contribution in [0.3, 0.4) is 0 Å². The molecule has 0 bridgehead atoms. The Morgan fingerprint density at radius 2 is 2.28 bits per heavy atom. The molecule has 0 radical (unpaired) electrons. The molecule has 1 saturated heterocycles. The van der Waals surface area contributed by atoms with E-state index in [4.69, 9.17) is 10.3 Å². The highest BCUT2D eigenvalue weighted by Gasteiger charge is 2.26. The lowest BCUT2D eigenvalue weighted by Gasteiger charge is -2.36. The van der Waals surface area contributed by atoms with Crippen molar-refractivity contribution in [1.82, 2.24) is 15.0 Å². The highest BCUT2D eigenvalue weighted by atomic mass is 16.5. The fraction of sp³-hybridized carbons (Fsp3) is 0.846. The lowest BCUT2D eigenvalue weighted by Crippen LogP contribution is -2.45. The maximum atomic E-state index is 5.85. The number of piperidine rings is 1. The van der Waals surface area contributed by atoms with Crippen LogP contribution in [-0.4, -0.2) is 34.2 Å². The first-order valence-electron chi connectivity index (χ1n) is 6.86. The summed E-state index contributed by atoms with van der Waals surface area (Å²) < 4.78 is 5.30. The molecule has 2 rings (SSSR count). The molecule has 1 aromatic rings. The summed E-state index contributed by atoms with van der Waals surface area (Å²) in [6, 6.07) is 0.447. The van der Waals surface area contributed by atoms with Gasteiger partial charge in [-0.25, -0.2) is 0 Å². The topological polar surface area (TPSA) is 68.2 Å². The van der Waals surface area contributed by atoms with E-state index in [0.717, 1.165) is 24.8 Å². The molecule has 0 saturated carbocycles. The molecule has 0 aliphatic carbocycles. The number of nitrogens with two attached hydrogens (primary N) is 1. The molecule has 1 aromatic heterocycles. The van der Waals surface area contributed by atoms with Crippen molar-refractivity contribution in [3.05, 3.63) is 11.7 Å². The van der Waals surface area contributed by atoms with Gasteiger partial charge in [0.25, 0.3) is 0 Å². The summed E-state index contributed by atoms with van der Waals surface area (Å²) in [5, 5.41) is 4.00. The van der Waals surface area contributed by atoms with Crippen LogP contribution in [0.2, 0.25) is 0 Å². The van der Waals surface area contributed by atoms with Gasteiger partial charge in [-0.1, -0.05) is 25.9 Å². The zero-order valence-electron chi connectivity index (χ0n) is 11.6. The van der Waals surface area contributed by atoms with E-state index in [0.29, 0.717) is 24.4 Å². The van der Waals surface area contributed by atoms with E-state index in [9.17, 15) is 0 Å². The van der Waals surface area contributed by atoms with Crippen LogP contribution in [0.5, 0.6) is 0 Å². The number of hydrogen-bond acceptors (Lipinski definition) is 5. The molecule has 0 spiro atoms. The molecular formula is C13H24N4O. The third-order valence-corrected chi connectivity index (χ3v) is 3.71. The molecule has 2 N–H and O–H groups in total. The highest BCUT2D eigenvalue weighted by Crippen LogP contribution is 2.23. The van der Waals surface area contributed by atoms with Crippen molar-refractivity contribution in [2.75, 3.05) is 13.1 Å². The Hall–Kier alpha value is -0.940. The van der Waals surface area contributed by atoms with Gasteiger partial charge in [0.2, 0.25) is 5.89 Å². The zero-order valence-corrected chi connectivity index (χ0v) is 11.6. The first-order chi connectivity index (χ1) is 8.60. The van der Waals surface area contributed by atoms with Gasteiger partial charge in [0.05, 0.1) is 6.54 Å². The van der Waals surface area contributed by atoms with Gasteiger partial charge < -0.3 is 10.3 Å². The van der Waals surface area contributed by atoms with Crippen molar-refractivity contribution in [3.8, 4) is 0 Å². The van der Waals surface area contributed by atoms with Gasteiger partial charge >= 0.3 is 0 Å². The quantitative estimate of drug-likeness (QED) is 0.884. The van der Waals surface area contributed by atoms with Crippen molar-refractivity contribution in [2.45, 2.75) is 52.1 Å². The van der Waals surface area contributed by atoms with Crippen LogP contribution in [0.1, 0.15) is 51.2 Å². The van der Waals surface area contributed by atoms with Crippen molar-refractivity contribution in [3.63, 3.8) is 0 Å². The van der Waals surface area contributed by atoms with E-state index >= 15 is 0 Å². The summed E-state index contributed by atoms with van der Waals surface area (Å²) in [5.41, 5.74) is 5.85. The molecule has 5 nitrogen and oxygen atoms in total. The summed E-state index contributed by atoms with van der Waals surface area (Å²) in [5.74, 6) is 2.59. The Bertz CT molecular complexity index is 377. The molecule has 5 heteroatoms. The van der Waals surface area contributed by atoms with E-state index in [1.54, 1.807) is 0 Å². The SMILES string of the molecule is CC1CCN(Cc2nc(C(C)C)no2)C(CN)C1. The van der Waals surface area contributed by atoms with Crippen LogP contribution in [0, 0.1) is 5.92 Å². The molecule has 2 atom stereocenters. The van der Waals surface area contributed by atoms with E-state index in [1.165, 1.54) is 12.8 Å². The number of hydrogen-bond donors (Lipinski definition) is 1. The monoisotopic (exact) mass is 252 g/mol. The fourth-order valence-electron chi connectivity index (χ4n) is 2.49. The van der Waals surface area contributed by atoms with E-state index in [1.807, 2.05) is 0 Å². The second kappa shape index (κ2) is 5.80. The smallest absolute Gasteiger partial charge is 0.240 e. The van der Waals surface area contributed by atoms with E-state index in [-0.39, 0.29) is 0 Å². The minimum absolute atomic E-state index is 0.314. The summed E-state index contributed by atoms with van der Waals surface area (Å²) in [7, 11) is 0. The van der Waals surface area contributed by atoms with E-state index in [2.05, 4.69) is 35.8 Å². The van der Waals surface area contributed by atoms with Crippen molar-refractivity contribution >= 4 is 0 Å². The predicted molar refractivity (Wildman–Crippen MR) is 70.0 cm³/mol. The minimum atomic E-state index is 0.314. The summed E-state index contributed by atoms with van der Waals surface area (Å²) in [4.78, 5) is 6.80.